The number of hydrogen-bond donors (Lipinski definition) is 2. The van der Waals surface area contributed by atoms with E-state index >= 15 is 0 Å². The van der Waals surface area contributed by atoms with Gasteiger partial charge in [0.15, 0.2) is 6.61 Å². The summed E-state index contributed by atoms with van der Waals surface area (Å²) in [5.74, 6) is -2.61. The van der Waals surface area contributed by atoms with Crippen molar-refractivity contribution < 1.29 is 23.5 Å². The van der Waals surface area contributed by atoms with Crippen LogP contribution in [0.4, 0.5) is 10.1 Å². The first-order valence-electron chi connectivity index (χ1n) is 9.29. The van der Waals surface area contributed by atoms with Gasteiger partial charge in [0.2, 0.25) is 0 Å². The number of carbonyl (C=O) groups excluding carboxylic acids is 3. The number of amides is 2. The highest BCUT2D eigenvalue weighted by atomic mass is 19.1. The monoisotopic (exact) mass is 411 g/mol. The molecule has 156 valence electrons. The minimum Gasteiger partial charge on any atom is -0.454 e. The molecule has 0 aliphatic carbocycles. The fourth-order valence-electron chi connectivity index (χ4n) is 2.54. The molecule has 1 atom stereocenters. The molecule has 30 heavy (non-hydrogen) atoms. The van der Waals surface area contributed by atoms with E-state index in [1.54, 1.807) is 38.1 Å². The van der Waals surface area contributed by atoms with E-state index in [0.29, 0.717) is 5.69 Å². The lowest BCUT2D eigenvalue weighted by Crippen LogP contribution is -2.45. The fraction of sp³-hybridized carbons (Fsp3) is 0.273. The quantitative estimate of drug-likeness (QED) is 0.650. The molecule has 8 heteroatoms. The number of ether oxygens (including phenoxy) is 1. The van der Waals surface area contributed by atoms with Gasteiger partial charge in [0.25, 0.3) is 11.8 Å². The molecule has 2 aromatic carbocycles. The zero-order valence-electron chi connectivity index (χ0n) is 16.6. The summed E-state index contributed by atoms with van der Waals surface area (Å²) in [5.41, 5.74) is 1.52. The third-order valence-electron chi connectivity index (χ3n) is 4.18. The van der Waals surface area contributed by atoms with Crippen LogP contribution in [0.3, 0.4) is 0 Å². The molecule has 0 saturated heterocycles. The average Bonchev–Trinajstić information content (AvgIpc) is 2.72. The Morgan fingerprint density at radius 1 is 1.07 bits per heavy atom. The van der Waals surface area contributed by atoms with Gasteiger partial charge in [0.05, 0.1) is 12.5 Å². The summed E-state index contributed by atoms with van der Waals surface area (Å²) in [6, 6.07) is 12.7. The number of esters is 1. The Morgan fingerprint density at radius 2 is 1.70 bits per heavy atom. The highest BCUT2D eigenvalue weighted by Crippen LogP contribution is 2.11. The highest BCUT2D eigenvalue weighted by molar-refractivity contribution is 5.97. The third-order valence-corrected chi connectivity index (χ3v) is 4.18. The van der Waals surface area contributed by atoms with Crippen LogP contribution >= 0.6 is 0 Å². The normalized spacial score (nSPS) is 11.3. The van der Waals surface area contributed by atoms with Gasteiger partial charge in [-0.05, 0) is 47.9 Å². The summed E-state index contributed by atoms with van der Waals surface area (Å²) in [6.07, 6.45) is 0.270. The minimum atomic E-state index is -0.972. The van der Waals surface area contributed by atoms with Crippen LogP contribution in [0.5, 0.6) is 0 Å². The van der Waals surface area contributed by atoms with Crippen molar-refractivity contribution in [1.29, 1.82) is 5.26 Å². The Bertz CT molecular complexity index is 934. The number of halogens is 1. The summed E-state index contributed by atoms with van der Waals surface area (Å²) in [4.78, 5) is 36.7. The molecule has 0 unspecified atom stereocenters. The molecule has 0 spiro atoms. The SMILES string of the molecule is CC(C)[C@H](NC(=O)c1ccc(F)cc1)C(=O)OCC(=O)Nc1ccc(CC#N)cc1. The van der Waals surface area contributed by atoms with Crippen molar-refractivity contribution in [2.45, 2.75) is 26.3 Å². The molecule has 7 nitrogen and oxygen atoms in total. The molecular formula is C22H22FN3O4. The summed E-state index contributed by atoms with van der Waals surface area (Å²) in [7, 11) is 0. The van der Waals surface area contributed by atoms with Gasteiger partial charge >= 0.3 is 5.97 Å². The standard InChI is InChI=1S/C22H22FN3O4/c1-14(2)20(26-21(28)16-5-7-17(23)8-6-16)22(29)30-13-19(27)25-18-9-3-15(4-10-18)11-12-24/h3-10,14,20H,11,13H2,1-2H3,(H,25,27)(H,26,28)/t20-/m0/s1. The molecule has 2 aromatic rings. The summed E-state index contributed by atoms with van der Waals surface area (Å²) in [6.45, 7) is 2.92. The van der Waals surface area contributed by atoms with Crippen molar-refractivity contribution in [2.75, 3.05) is 11.9 Å². The number of carbonyl (C=O) groups is 3. The third kappa shape index (κ3) is 6.71. The van der Waals surface area contributed by atoms with E-state index in [1.807, 2.05) is 6.07 Å². The largest absolute Gasteiger partial charge is 0.454 e. The van der Waals surface area contributed by atoms with E-state index in [9.17, 15) is 18.8 Å². The van der Waals surface area contributed by atoms with E-state index in [1.165, 1.54) is 12.1 Å². The van der Waals surface area contributed by atoms with Gasteiger partial charge in [-0.3, -0.25) is 9.59 Å². The average molecular weight is 411 g/mol. The number of anilines is 1. The van der Waals surface area contributed by atoms with Crippen LogP contribution < -0.4 is 10.6 Å². The van der Waals surface area contributed by atoms with Gasteiger partial charge in [-0.2, -0.15) is 5.26 Å². The zero-order valence-corrected chi connectivity index (χ0v) is 16.6. The predicted molar refractivity (Wildman–Crippen MR) is 108 cm³/mol. The highest BCUT2D eigenvalue weighted by Gasteiger charge is 2.26. The van der Waals surface area contributed by atoms with E-state index < -0.39 is 36.2 Å². The summed E-state index contributed by atoms with van der Waals surface area (Å²) < 4.78 is 18.0. The van der Waals surface area contributed by atoms with Crippen molar-refractivity contribution in [3.8, 4) is 6.07 Å². The Morgan fingerprint density at radius 3 is 2.27 bits per heavy atom. The maximum absolute atomic E-state index is 13.0. The van der Waals surface area contributed by atoms with Crippen molar-refractivity contribution in [2.24, 2.45) is 5.92 Å². The van der Waals surface area contributed by atoms with Crippen LogP contribution in [0.25, 0.3) is 0 Å². The first-order valence-corrected chi connectivity index (χ1v) is 9.29. The molecule has 2 rings (SSSR count). The number of nitrogens with one attached hydrogen (secondary N) is 2. The van der Waals surface area contributed by atoms with Crippen LogP contribution in [-0.2, 0) is 20.7 Å². The second-order valence-electron chi connectivity index (χ2n) is 6.89. The van der Waals surface area contributed by atoms with Crippen LogP contribution in [0.15, 0.2) is 48.5 Å². The smallest absolute Gasteiger partial charge is 0.329 e. The number of nitrogens with zero attached hydrogens (tertiary/aromatic N) is 1. The Labute approximate surface area is 173 Å². The maximum atomic E-state index is 13.0. The van der Waals surface area contributed by atoms with E-state index in [0.717, 1.165) is 17.7 Å². The number of benzene rings is 2. The van der Waals surface area contributed by atoms with Crippen LogP contribution in [0, 0.1) is 23.1 Å². The van der Waals surface area contributed by atoms with Gasteiger partial charge in [-0.15, -0.1) is 0 Å². The molecule has 0 fully saturated rings. The lowest BCUT2D eigenvalue weighted by Gasteiger charge is -2.20. The zero-order chi connectivity index (χ0) is 22.1. The summed E-state index contributed by atoms with van der Waals surface area (Å²) in [5, 5.41) is 13.8. The molecule has 0 saturated carbocycles. The fourth-order valence-corrected chi connectivity index (χ4v) is 2.54. The minimum absolute atomic E-state index is 0.201. The molecule has 0 aliphatic heterocycles. The molecule has 2 amide bonds. The topological polar surface area (TPSA) is 108 Å². The van der Waals surface area contributed by atoms with Gasteiger partial charge in [0.1, 0.15) is 11.9 Å². The van der Waals surface area contributed by atoms with E-state index in [4.69, 9.17) is 10.00 Å². The molecule has 0 aromatic heterocycles. The lowest BCUT2D eigenvalue weighted by atomic mass is 10.0. The van der Waals surface area contributed by atoms with Crippen molar-refractivity contribution >= 4 is 23.5 Å². The number of hydrogen-bond acceptors (Lipinski definition) is 5. The number of rotatable bonds is 8. The first-order chi connectivity index (χ1) is 14.3. The van der Waals surface area contributed by atoms with Crippen molar-refractivity contribution in [3.05, 3.63) is 65.5 Å². The van der Waals surface area contributed by atoms with Crippen molar-refractivity contribution in [1.82, 2.24) is 5.32 Å². The first kappa shape index (κ1) is 22.6. The maximum Gasteiger partial charge on any atom is 0.329 e. The van der Waals surface area contributed by atoms with E-state index in [2.05, 4.69) is 10.6 Å². The summed E-state index contributed by atoms with van der Waals surface area (Å²) >= 11 is 0. The molecule has 0 aliphatic rings. The molecule has 0 heterocycles. The van der Waals surface area contributed by atoms with Gasteiger partial charge < -0.3 is 15.4 Å². The lowest BCUT2D eigenvalue weighted by molar-refractivity contribution is -0.150. The Hall–Kier alpha value is -3.73. The van der Waals surface area contributed by atoms with Gasteiger partial charge in [-0.1, -0.05) is 26.0 Å². The van der Waals surface area contributed by atoms with Gasteiger partial charge in [-0.25, -0.2) is 9.18 Å². The molecular weight excluding hydrogens is 389 g/mol. The molecule has 0 radical (unpaired) electrons. The van der Waals surface area contributed by atoms with Crippen LogP contribution in [0.2, 0.25) is 0 Å². The van der Waals surface area contributed by atoms with Crippen LogP contribution in [0.1, 0.15) is 29.8 Å². The van der Waals surface area contributed by atoms with Crippen LogP contribution in [-0.4, -0.2) is 30.4 Å². The van der Waals surface area contributed by atoms with E-state index in [-0.39, 0.29) is 17.9 Å². The van der Waals surface area contributed by atoms with Crippen molar-refractivity contribution in [3.63, 3.8) is 0 Å². The van der Waals surface area contributed by atoms with Gasteiger partial charge in [0, 0.05) is 11.3 Å². The second kappa shape index (κ2) is 10.7. The second-order valence-corrected chi connectivity index (χ2v) is 6.89. The molecule has 2 N–H and O–H groups in total. The number of nitriles is 1. The predicted octanol–water partition coefficient (Wildman–Crippen LogP) is 2.83. The molecule has 0 bridgehead atoms. The Balaban J connectivity index is 1.89. The Kier molecular flexibility index (Phi) is 8.06.